The number of hydrogen-bond donors (Lipinski definition) is 1. The molecule has 1 amide bonds. The Hall–Kier alpha value is -1.36. The van der Waals surface area contributed by atoms with Crippen molar-refractivity contribution in [3.63, 3.8) is 0 Å². The highest BCUT2D eigenvalue weighted by atomic mass is 16.2. The van der Waals surface area contributed by atoms with Crippen LogP contribution in [0.2, 0.25) is 0 Å². The predicted molar refractivity (Wildman–Crippen MR) is 75.1 cm³/mol. The zero-order valence-corrected chi connectivity index (χ0v) is 12.1. The van der Waals surface area contributed by atoms with Crippen molar-refractivity contribution >= 4 is 5.91 Å². The van der Waals surface area contributed by atoms with Crippen molar-refractivity contribution < 1.29 is 4.79 Å². The first-order valence-electron chi connectivity index (χ1n) is 7.15. The predicted octanol–water partition coefficient (Wildman–Crippen LogP) is 1.59. The molecule has 5 nitrogen and oxygen atoms in total. The molecule has 1 saturated heterocycles. The Bertz CT molecular complexity index is 452. The van der Waals surface area contributed by atoms with E-state index in [4.69, 9.17) is 5.73 Å². The molecule has 1 aliphatic rings. The molecule has 1 aromatic rings. The van der Waals surface area contributed by atoms with E-state index in [1.807, 2.05) is 22.7 Å². The number of likely N-dealkylation sites (tertiary alicyclic amines) is 1. The molecule has 0 aromatic carbocycles. The van der Waals surface area contributed by atoms with Crippen LogP contribution in [0, 0.1) is 0 Å². The third-order valence-corrected chi connectivity index (χ3v) is 3.64. The van der Waals surface area contributed by atoms with Crippen LogP contribution in [0.1, 0.15) is 55.6 Å². The van der Waals surface area contributed by atoms with Crippen molar-refractivity contribution in [1.82, 2.24) is 14.7 Å². The average molecular weight is 264 g/mol. The van der Waals surface area contributed by atoms with Gasteiger partial charge in [-0.2, -0.15) is 5.10 Å². The van der Waals surface area contributed by atoms with Crippen molar-refractivity contribution in [3.8, 4) is 0 Å². The van der Waals surface area contributed by atoms with Gasteiger partial charge >= 0.3 is 0 Å². The number of carbonyl (C=O) groups is 1. The quantitative estimate of drug-likeness (QED) is 0.901. The number of nitrogens with two attached hydrogens (primary N) is 1. The summed E-state index contributed by atoms with van der Waals surface area (Å²) in [5.41, 5.74) is 7.59. The van der Waals surface area contributed by atoms with Crippen molar-refractivity contribution in [1.29, 1.82) is 0 Å². The Morgan fingerprint density at radius 3 is 2.89 bits per heavy atom. The monoisotopic (exact) mass is 264 g/mol. The minimum absolute atomic E-state index is 0.0820. The van der Waals surface area contributed by atoms with E-state index >= 15 is 0 Å². The van der Waals surface area contributed by atoms with Gasteiger partial charge in [0.2, 0.25) is 0 Å². The van der Waals surface area contributed by atoms with Gasteiger partial charge in [0.15, 0.2) is 0 Å². The van der Waals surface area contributed by atoms with Gasteiger partial charge in [0.05, 0.1) is 11.3 Å². The third-order valence-electron chi connectivity index (χ3n) is 3.64. The molecule has 1 atom stereocenters. The normalized spacial score (nSPS) is 20.1. The Kier molecular flexibility index (Phi) is 4.24. The van der Waals surface area contributed by atoms with E-state index in [9.17, 15) is 4.79 Å². The second-order valence-corrected chi connectivity index (χ2v) is 5.59. The van der Waals surface area contributed by atoms with Gasteiger partial charge in [-0.15, -0.1) is 0 Å². The highest BCUT2D eigenvalue weighted by molar-refractivity contribution is 5.95. The molecule has 0 spiro atoms. The van der Waals surface area contributed by atoms with Crippen LogP contribution in [0.25, 0.3) is 0 Å². The van der Waals surface area contributed by atoms with Crippen LogP contribution in [0.5, 0.6) is 0 Å². The lowest BCUT2D eigenvalue weighted by molar-refractivity contribution is 0.0707. The maximum atomic E-state index is 12.6. The van der Waals surface area contributed by atoms with Gasteiger partial charge in [-0.25, -0.2) is 0 Å². The Morgan fingerprint density at radius 2 is 2.32 bits per heavy atom. The largest absolute Gasteiger partial charge is 0.337 e. The van der Waals surface area contributed by atoms with E-state index in [0.717, 1.165) is 37.2 Å². The van der Waals surface area contributed by atoms with Crippen LogP contribution in [0.15, 0.2) is 6.20 Å². The molecule has 0 bridgehead atoms. The average Bonchev–Trinajstić information content (AvgIpc) is 2.82. The van der Waals surface area contributed by atoms with E-state index in [1.165, 1.54) is 0 Å². The van der Waals surface area contributed by atoms with E-state index in [1.54, 1.807) is 0 Å². The second kappa shape index (κ2) is 5.74. The fourth-order valence-corrected chi connectivity index (χ4v) is 2.55. The number of rotatable bonds is 3. The van der Waals surface area contributed by atoms with Gasteiger partial charge in [-0.3, -0.25) is 9.48 Å². The minimum atomic E-state index is 0.0820. The molecule has 2 heterocycles. The summed E-state index contributed by atoms with van der Waals surface area (Å²) < 4.78 is 1.84. The summed E-state index contributed by atoms with van der Waals surface area (Å²) in [6.45, 7) is 8.42. The molecular weight excluding hydrogens is 240 g/mol. The summed E-state index contributed by atoms with van der Waals surface area (Å²) in [6.07, 6.45) is 3.87. The maximum Gasteiger partial charge on any atom is 0.257 e. The van der Waals surface area contributed by atoms with Crippen LogP contribution in [0.4, 0.5) is 0 Å². The van der Waals surface area contributed by atoms with E-state index < -0.39 is 0 Å². The second-order valence-electron chi connectivity index (χ2n) is 5.59. The summed E-state index contributed by atoms with van der Waals surface area (Å²) in [4.78, 5) is 14.5. The molecule has 0 unspecified atom stereocenters. The first kappa shape index (κ1) is 14.1. The molecule has 2 rings (SSSR count). The Labute approximate surface area is 114 Å². The van der Waals surface area contributed by atoms with Crippen molar-refractivity contribution in [2.45, 2.75) is 52.1 Å². The topological polar surface area (TPSA) is 64.2 Å². The van der Waals surface area contributed by atoms with Crippen LogP contribution >= 0.6 is 0 Å². The Morgan fingerprint density at radius 1 is 1.58 bits per heavy atom. The van der Waals surface area contributed by atoms with Crippen LogP contribution in [0.3, 0.4) is 0 Å². The molecule has 1 aromatic heterocycles. The first-order valence-corrected chi connectivity index (χ1v) is 7.15. The number of hydrogen-bond acceptors (Lipinski definition) is 3. The molecule has 5 heteroatoms. The summed E-state index contributed by atoms with van der Waals surface area (Å²) in [5, 5.41) is 4.50. The number of aromatic nitrogens is 2. The number of piperidine rings is 1. The SMILES string of the molecule is CCn1cc(C(=O)N2CCC[C@H](N)C2)c(C(C)C)n1. The lowest BCUT2D eigenvalue weighted by Gasteiger charge is -2.30. The standard InChI is InChI=1S/C14H24N4O/c1-4-18-9-12(13(16-18)10(2)3)14(19)17-7-5-6-11(15)8-17/h9-11H,4-8,15H2,1-3H3/t11-/m0/s1. The molecular formula is C14H24N4O. The Balaban J connectivity index is 2.24. The summed E-state index contributed by atoms with van der Waals surface area (Å²) in [7, 11) is 0. The van der Waals surface area contributed by atoms with Crippen LogP contribution in [-0.4, -0.2) is 39.7 Å². The molecule has 1 fully saturated rings. The number of nitrogens with zero attached hydrogens (tertiary/aromatic N) is 3. The van der Waals surface area contributed by atoms with Gasteiger partial charge in [0.25, 0.3) is 5.91 Å². The maximum absolute atomic E-state index is 12.6. The summed E-state index contributed by atoms with van der Waals surface area (Å²) in [6, 6.07) is 0.112. The zero-order valence-electron chi connectivity index (χ0n) is 12.1. The first-order chi connectivity index (χ1) is 9.02. The molecule has 0 aliphatic carbocycles. The van der Waals surface area contributed by atoms with Gasteiger partial charge in [-0.1, -0.05) is 13.8 Å². The lowest BCUT2D eigenvalue weighted by atomic mass is 10.0. The van der Waals surface area contributed by atoms with Crippen molar-refractivity contribution in [3.05, 3.63) is 17.5 Å². The molecule has 0 saturated carbocycles. The molecule has 0 radical (unpaired) electrons. The van der Waals surface area contributed by atoms with Gasteiger partial charge in [-0.05, 0) is 25.7 Å². The number of aryl methyl sites for hydroxylation is 1. The van der Waals surface area contributed by atoms with Gasteiger partial charge in [0, 0.05) is 31.9 Å². The van der Waals surface area contributed by atoms with E-state index in [2.05, 4.69) is 18.9 Å². The van der Waals surface area contributed by atoms with Gasteiger partial charge in [0.1, 0.15) is 0 Å². The van der Waals surface area contributed by atoms with Gasteiger partial charge < -0.3 is 10.6 Å². The van der Waals surface area contributed by atoms with Crippen LogP contribution < -0.4 is 5.73 Å². The molecule has 2 N–H and O–H groups in total. The molecule has 106 valence electrons. The fourth-order valence-electron chi connectivity index (χ4n) is 2.55. The van der Waals surface area contributed by atoms with Crippen molar-refractivity contribution in [2.75, 3.05) is 13.1 Å². The van der Waals surface area contributed by atoms with Crippen LogP contribution in [-0.2, 0) is 6.54 Å². The van der Waals surface area contributed by atoms with Crippen molar-refractivity contribution in [2.24, 2.45) is 5.73 Å². The third kappa shape index (κ3) is 2.97. The highest BCUT2D eigenvalue weighted by Crippen LogP contribution is 2.21. The number of carbonyl (C=O) groups excluding carboxylic acids is 1. The van der Waals surface area contributed by atoms with E-state index in [0.29, 0.717) is 6.54 Å². The summed E-state index contributed by atoms with van der Waals surface area (Å²) >= 11 is 0. The lowest BCUT2D eigenvalue weighted by Crippen LogP contribution is -2.45. The highest BCUT2D eigenvalue weighted by Gasteiger charge is 2.26. The number of amides is 1. The molecule has 19 heavy (non-hydrogen) atoms. The zero-order chi connectivity index (χ0) is 14.0. The smallest absolute Gasteiger partial charge is 0.257 e. The fraction of sp³-hybridized carbons (Fsp3) is 0.714. The van der Waals surface area contributed by atoms with E-state index in [-0.39, 0.29) is 17.9 Å². The molecule has 1 aliphatic heterocycles. The minimum Gasteiger partial charge on any atom is -0.337 e. The summed E-state index contributed by atoms with van der Waals surface area (Å²) in [5.74, 6) is 0.337.